The number of aromatic amines is 1. The van der Waals surface area contributed by atoms with E-state index in [4.69, 9.17) is 24.4 Å². The standard InChI is InChI=1S/C20H20O9.C10H12N4O3/c21-12-7-11(8-13(22)9-12)2-1-10-3-5-14(6-4-10)28-20-17(25)15(23)16(24)18(29-20)19(26)27;15-3-6-1-2-7(17-6)14-5-13-8-9(14)11-4-12-10(8)16/h1-9,15-18,20-25H,(H,26,27);4-7,15H,1-3H2,(H,11,12,16)/b2-1+;/t15-,16-,17+,18-,20+;6-,7+/m00/s1. The summed E-state index contributed by atoms with van der Waals surface area (Å²) in [6, 6.07) is 10.6. The molecule has 6 rings (SSSR count). The Hall–Kier alpha value is -4.84. The molecule has 2 fully saturated rings. The highest BCUT2D eigenvalue weighted by atomic mass is 16.7. The van der Waals surface area contributed by atoms with Gasteiger partial charge < -0.3 is 54.9 Å². The third kappa shape index (κ3) is 7.34. The number of fused-ring (bicyclic) bond motifs is 1. The van der Waals surface area contributed by atoms with Gasteiger partial charge in [0.1, 0.15) is 41.8 Å². The number of rotatable bonds is 7. The van der Waals surface area contributed by atoms with Crippen molar-refractivity contribution in [3.8, 4) is 17.2 Å². The zero-order valence-electron chi connectivity index (χ0n) is 24.0. The second-order valence-corrected chi connectivity index (χ2v) is 10.6. The van der Waals surface area contributed by atoms with Crippen LogP contribution in [0.2, 0.25) is 0 Å². The summed E-state index contributed by atoms with van der Waals surface area (Å²) in [4.78, 5) is 33.2. The predicted octanol–water partition coefficient (Wildman–Crippen LogP) is 0.329. The van der Waals surface area contributed by atoms with Crippen LogP contribution in [0.5, 0.6) is 17.2 Å². The fourth-order valence-electron chi connectivity index (χ4n) is 4.95. The van der Waals surface area contributed by atoms with Gasteiger partial charge >= 0.3 is 5.97 Å². The van der Waals surface area contributed by atoms with Gasteiger partial charge in [-0.15, -0.1) is 0 Å². The van der Waals surface area contributed by atoms with E-state index in [1.54, 1.807) is 47.3 Å². The number of aromatic nitrogens is 4. The Balaban J connectivity index is 0.000000207. The lowest BCUT2D eigenvalue weighted by molar-refractivity contribution is -0.271. The molecule has 2 aliphatic heterocycles. The number of aliphatic hydroxyl groups is 4. The van der Waals surface area contributed by atoms with Gasteiger partial charge in [-0.1, -0.05) is 24.3 Å². The van der Waals surface area contributed by atoms with Crippen LogP contribution in [0.1, 0.15) is 30.2 Å². The highest BCUT2D eigenvalue weighted by molar-refractivity contribution is 5.73. The molecule has 16 heteroatoms. The van der Waals surface area contributed by atoms with E-state index in [0.717, 1.165) is 18.4 Å². The van der Waals surface area contributed by atoms with Crippen molar-refractivity contribution in [3.63, 3.8) is 0 Å². The van der Waals surface area contributed by atoms with Gasteiger partial charge in [0.25, 0.3) is 5.56 Å². The van der Waals surface area contributed by atoms with Crippen LogP contribution in [-0.2, 0) is 14.3 Å². The van der Waals surface area contributed by atoms with Crippen LogP contribution in [0, 0.1) is 0 Å². The minimum Gasteiger partial charge on any atom is -0.508 e. The number of H-pyrrole nitrogens is 1. The summed E-state index contributed by atoms with van der Waals surface area (Å²) in [5.41, 5.74) is 1.91. The Morgan fingerprint density at radius 1 is 0.957 bits per heavy atom. The lowest BCUT2D eigenvalue weighted by Crippen LogP contribution is -2.61. The molecule has 7 atom stereocenters. The summed E-state index contributed by atoms with van der Waals surface area (Å²) in [6.45, 7) is 0.0111. The van der Waals surface area contributed by atoms with Gasteiger partial charge in [0.15, 0.2) is 17.3 Å². The molecule has 0 aliphatic carbocycles. The topological polar surface area (TPSA) is 250 Å². The molecule has 8 N–H and O–H groups in total. The molecule has 0 amide bonds. The van der Waals surface area contributed by atoms with Crippen LogP contribution < -0.4 is 10.3 Å². The van der Waals surface area contributed by atoms with Crippen molar-refractivity contribution >= 4 is 29.3 Å². The lowest BCUT2D eigenvalue weighted by atomic mass is 9.99. The number of benzene rings is 2. The molecule has 2 aromatic carbocycles. The van der Waals surface area contributed by atoms with Gasteiger partial charge in [-0.3, -0.25) is 9.36 Å². The van der Waals surface area contributed by atoms with E-state index >= 15 is 0 Å². The highest BCUT2D eigenvalue weighted by Crippen LogP contribution is 2.29. The molecule has 2 saturated heterocycles. The maximum absolute atomic E-state index is 11.5. The van der Waals surface area contributed by atoms with Crippen molar-refractivity contribution in [2.45, 2.75) is 55.9 Å². The summed E-state index contributed by atoms with van der Waals surface area (Å²) >= 11 is 0. The van der Waals surface area contributed by atoms with Crippen molar-refractivity contribution in [3.05, 3.63) is 76.6 Å². The maximum atomic E-state index is 11.5. The monoisotopic (exact) mass is 640 g/mol. The van der Waals surface area contributed by atoms with E-state index in [0.29, 0.717) is 16.7 Å². The number of aromatic hydroxyl groups is 2. The van der Waals surface area contributed by atoms with Crippen LogP contribution in [0.25, 0.3) is 23.3 Å². The third-order valence-electron chi connectivity index (χ3n) is 7.30. The third-order valence-corrected chi connectivity index (χ3v) is 7.30. The van der Waals surface area contributed by atoms with Crippen molar-refractivity contribution in [2.24, 2.45) is 0 Å². The normalized spacial score (nSPS) is 26.1. The number of imidazole rings is 1. The zero-order valence-corrected chi connectivity index (χ0v) is 24.0. The average molecular weight is 641 g/mol. The number of ether oxygens (including phenoxy) is 3. The lowest BCUT2D eigenvalue weighted by Gasteiger charge is -2.38. The summed E-state index contributed by atoms with van der Waals surface area (Å²) < 4.78 is 17.8. The van der Waals surface area contributed by atoms with Crippen LogP contribution in [0.3, 0.4) is 0 Å². The van der Waals surface area contributed by atoms with Gasteiger partial charge in [0.05, 0.1) is 25.4 Å². The number of nitrogens with zero attached hydrogens (tertiary/aromatic N) is 3. The molecular weight excluding hydrogens is 608 g/mol. The van der Waals surface area contributed by atoms with E-state index in [-0.39, 0.29) is 41.7 Å². The molecule has 4 aromatic rings. The quantitative estimate of drug-likeness (QED) is 0.127. The molecule has 16 nitrogen and oxygen atoms in total. The molecule has 0 saturated carbocycles. The van der Waals surface area contributed by atoms with Crippen molar-refractivity contribution in [1.82, 2.24) is 19.5 Å². The maximum Gasteiger partial charge on any atom is 0.335 e. The molecule has 2 aromatic heterocycles. The van der Waals surface area contributed by atoms with Gasteiger partial charge in [-0.2, -0.15) is 0 Å². The molecule has 0 spiro atoms. The number of phenolic OH excluding ortho intramolecular Hbond substituents is 2. The first kappa shape index (κ1) is 32.6. The summed E-state index contributed by atoms with van der Waals surface area (Å²) in [7, 11) is 0. The number of carboxylic acids is 1. The summed E-state index contributed by atoms with van der Waals surface area (Å²) in [5.74, 6) is -1.37. The van der Waals surface area contributed by atoms with Gasteiger partial charge in [0.2, 0.25) is 6.29 Å². The summed E-state index contributed by atoms with van der Waals surface area (Å²) in [6.07, 6.45) is -0.839. The predicted molar refractivity (Wildman–Crippen MR) is 158 cm³/mol. The van der Waals surface area contributed by atoms with E-state index in [1.165, 1.54) is 24.5 Å². The largest absolute Gasteiger partial charge is 0.508 e. The molecule has 244 valence electrons. The first-order chi connectivity index (χ1) is 22.0. The Kier molecular flexibility index (Phi) is 9.96. The van der Waals surface area contributed by atoms with Crippen molar-refractivity contribution in [2.75, 3.05) is 6.61 Å². The van der Waals surface area contributed by atoms with E-state index in [1.807, 2.05) is 0 Å². The van der Waals surface area contributed by atoms with Gasteiger partial charge in [0, 0.05) is 6.07 Å². The number of phenols is 2. The number of aliphatic carboxylic acids is 1. The van der Waals surface area contributed by atoms with Crippen LogP contribution in [-0.4, -0.2) is 105 Å². The van der Waals surface area contributed by atoms with Crippen molar-refractivity contribution < 1.29 is 54.8 Å². The molecule has 0 radical (unpaired) electrons. The van der Waals surface area contributed by atoms with E-state index < -0.39 is 36.7 Å². The van der Waals surface area contributed by atoms with Crippen LogP contribution >= 0.6 is 0 Å². The zero-order chi connectivity index (χ0) is 33.0. The number of hydrogen-bond acceptors (Lipinski definition) is 13. The average Bonchev–Trinajstić information content (AvgIpc) is 3.69. The summed E-state index contributed by atoms with van der Waals surface area (Å²) in [5, 5.41) is 66.5. The fourth-order valence-corrected chi connectivity index (χ4v) is 4.95. The van der Waals surface area contributed by atoms with Gasteiger partial charge in [-0.05, 0) is 48.2 Å². The Morgan fingerprint density at radius 2 is 1.65 bits per heavy atom. The SMILES string of the molecule is O=C(O)[C@H]1O[C@@H](Oc2ccc(/C=C/c3cc(O)cc(O)c3)cc2)[C@H](O)[C@@H](O)[C@@H]1O.O=c1[nH]cnc2c1ncn2[C@H]1CC[C@@H](CO)O1. The molecule has 0 bridgehead atoms. The minimum absolute atomic E-state index is 0.0111. The molecular formula is C30H32N4O12. The van der Waals surface area contributed by atoms with Crippen LogP contribution in [0.15, 0.2) is 59.9 Å². The van der Waals surface area contributed by atoms with E-state index in [2.05, 4.69) is 15.0 Å². The molecule has 0 unspecified atom stereocenters. The second-order valence-electron chi connectivity index (χ2n) is 10.6. The number of carboxylic acid groups (broad SMARTS) is 1. The smallest absolute Gasteiger partial charge is 0.335 e. The Morgan fingerprint density at radius 3 is 2.30 bits per heavy atom. The number of aliphatic hydroxyl groups excluding tert-OH is 4. The number of carbonyl (C=O) groups is 1. The number of hydrogen-bond donors (Lipinski definition) is 8. The first-order valence-electron chi connectivity index (χ1n) is 14.1. The van der Waals surface area contributed by atoms with Crippen LogP contribution in [0.4, 0.5) is 0 Å². The molecule has 2 aliphatic rings. The fraction of sp³-hybridized carbons (Fsp3) is 0.333. The Bertz CT molecular complexity index is 1720. The molecule has 4 heterocycles. The van der Waals surface area contributed by atoms with Crippen molar-refractivity contribution in [1.29, 1.82) is 0 Å². The number of nitrogens with one attached hydrogen (secondary N) is 1. The first-order valence-corrected chi connectivity index (χ1v) is 14.1. The highest BCUT2D eigenvalue weighted by Gasteiger charge is 2.48. The minimum atomic E-state index is -1.79. The second kappa shape index (κ2) is 14.1. The Labute approximate surface area is 260 Å². The van der Waals surface area contributed by atoms with E-state index in [9.17, 15) is 35.1 Å². The molecule has 46 heavy (non-hydrogen) atoms. The van der Waals surface area contributed by atoms with Gasteiger partial charge in [-0.25, -0.2) is 14.8 Å².